The summed E-state index contributed by atoms with van der Waals surface area (Å²) in [6, 6.07) is 19.7. The molecule has 27 heavy (non-hydrogen) atoms. The second kappa shape index (κ2) is 8.64. The van der Waals surface area contributed by atoms with E-state index in [1.807, 2.05) is 43.3 Å². The van der Waals surface area contributed by atoms with Crippen LogP contribution in [0.15, 0.2) is 66.7 Å². The lowest BCUT2D eigenvalue weighted by atomic mass is 10.1. The lowest BCUT2D eigenvalue weighted by Gasteiger charge is -2.10. The summed E-state index contributed by atoms with van der Waals surface area (Å²) in [6.07, 6.45) is 0.695. The number of amides is 1. The molecule has 0 aliphatic rings. The Morgan fingerprint density at radius 1 is 1.00 bits per heavy atom. The fraction of sp³-hybridized carbons (Fsp3) is 0.182. The number of carbonyl (C=O) groups is 2. The van der Waals surface area contributed by atoms with Crippen molar-refractivity contribution in [3.63, 3.8) is 0 Å². The van der Waals surface area contributed by atoms with Crippen molar-refractivity contribution in [3.05, 3.63) is 87.6 Å². The number of aromatic hydroxyl groups is 1. The molecule has 0 spiro atoms. The molecule has 3 aromatic rings. The van der Waals surface area contributed by atoms with Crippen LogP contribution < -0.4 is 5.32 Å². The van der Waals surface area contributed by atoms with Crippen molar-refractivity contribution in [2.45, 2.75) is 19.3 Å². The van der Waals surface area contributed by atoms with Gasteiger partial charge in [0, 0.05) is 17.0 Å². The number of hydrogen-bond donors (Lipinski definition) is 2. The highest BCUT2D eigenvalue weighted by molar-refractivity contribution is 7.14. The highest BCUT2D eigenvalue weighted by atomic mass is 32.1. The van der Waals surface area contributed by atoms with Gasteiger partial charge in [-0.15, -0.1) is 11.3 Å². The van der Waals surface area contributed by atoms with Crippen LogP contribution in [0.1, 0.15) is 38.5 Å². The van der Waals surface area contributed by atoms with Gasteiger partial charge in [-0.2, -0.15) is 0 Å². The van der Waals surface area contributed by atoms with Crippen molar-refractivity contribution >= 4 is 23.0 Å². The van der Waals surface area contributed by atoms with E-state index in [0.29, 0.717) is 23.4 Å². The zero-order valence-corrected chi connectivity index (χ0v) is 15.8. The minimum Gasteiger partial charge on any atom is -0.508 e. The van der Waals surface area contributed by atoms with E-state index in [2.05, 4.69) is 5.32 Å². The molecule has 3 rings (SSSR count). The minimum absolute atomic E-state index is 0.0215. The number of nitrogens with one attached hydrogen (secondary N) is 1. The van der Waals surface area contributed by atoms with Crippen molar-refractivity contribution < 1.29 is 14.7 Å². The molecular weight excluding hydrogens is 358 g/mol. The molecular formula is C22H21NO3S. The van der Waals surface area contributed by atoms with E-state index in [1.54, 1.807) is 30.3 Å². The van der Waals surface area contributed by atoms with Gasteiger partial charge >= 0.3 is 0 Å². The molecule has 1 unspecified atom stereocenters. The number of thiophene rings is 1. The number of rotatable bonds is 7. The molecule has 0 bridgehead atoms. The van der Waals surface area contributed by atoms with Crippen molar-refractivity contribution in [1.82, 2.24) is 5.32 Å². The van der Waals surface area contributed by atoms with E-state index in [4.69, 9.17) is 0 Å². The predicted octanol–water partition coefficient (Wildman–Crippen LogP) is 4.15. The molecule has 1 aromatic heterocycles. The van der Waals surface area contributed by atoms with Crippen LogP contribution in [0.2, 0.25) is 0 Å². The van der Waals surface area contributed by atoms with Crippen LogP contribution in [0.5, 0.6) is 5.75 Å². The molecule has 1 atom stereocenters. The molecule has 2 aromatic carbocycles. The van der Waals surface area contributed by atoms with Crippen molar-refractivity contribution in [2.24, 2.45) is 0 Å². The quantitative estimate of drug-likeness (QED) is 0.606. The zero-order valence-electron chi connectivity index (χ0n) is 15.0. The smallest absolute Gasteiger partial charge is 0.228 e. The summed E-state index contributed by atoms with van der Waals surface area (Å²) in [6.45, 7) is 2.37. The molecule has 4 nitrogen and oxygen atoms in total. The Balaban J connectivity index is 1.56. The molecule has 0 saturated heterocycles. The monoisotopic (exact) mass is 379 g/mol. The molecule has 138 valence electrons. The standard InChI is InChI=1S/C22H21NO3S/c1-15(22(26)23-14-13-16-7-9-18(24)10-8-16)19-11-12-20(27-19)21(25)17-5-3-2-4-6-17/h2-12,15,24H,13-14H2,1H3,(H,23,26). The van der Waals surface area contributed by atoms with Gasteiger partial charge in [0.25, 0.3) is 0 Å². The van der Waals surface area contributed by atoms with Gasteiger partial charge in [0.2, 0.25) is 11.7 Å². The molecule has 0 fully saturated rings. The molecule has 0 saturated carbocycles. The van der Waals surface area contributed by atoms with E-state index in [1.165, 1.54) is 11.3 Å². The summed E-state index contributed by atoms with van der Waals surface area (Å²) in [5.74, 6) is -0.164. The first-order chi connectivity index (χ1) is 13.0. The number of phenols is 1. The average Bonchev–Trinajstić information content (AvgIpc) is 3.19. The van der Waals surface area contributed by atoms with Crippen LogP contribution in [0, 0.1) is 0 Å². The summed E-state index contributed by atoms with van der Waals surface area (Å²) in [4.78, 5) is 26.4. The van der Waals surface area contributed by atoms with Crippen molar-refractivity contribution in [2.75, 3.05) is 6.54 Å². The van der Waals surface area contributed by atoms with E-state index < -0.39 is 0 Å². The molecule has 5 heteroatoms. The second-order valence-corrected chi connectivity index (χ2v) is 7.44. The Hall–Kier alpha value is -2.92. The first-order valence-corrected chi connectivity index (χ1v) is 9.61. The van der Waals surface area contributed by atoms with Gasteiger partial charge in [-0.05, 0) is 43.2 Å². The first kappa shape index (κ1) is 18.9. The van der Waals surface area contributed by atoms with Gasteiger partial charge in [0.1, 0.15) is 5.75 Å². The topological polar surface area (TPSA) is 66.4 Å². The predicted molar refractivity (Wildman–Crippen MR) is 107 cm³/mol. The van der Waals surface area contributed by atoms with Gasteiger partial charge < -0.3 is 10.4 Å². The van der Waals surface area contributed by atoms with Crippen LogP contribution in [0.25, 0.3) is 0 Å². The molecule has 0 aliphatic carbocycles. The van der Waals surface area contributed by atoms with Crippen LogP contribution >= 0.6 is 11.3 Å². The maximum absolute atomic E-state index is 12.5. The van der Waals surface area contributed by atoms with Crippen molar-refractivity contribution in [3.8, 4) is 5.75 Å². The minimum atomic E-state index is -0.313. The van der Waals surface area contributed by atoms with E-state index in [0.717, 1.165) is 10.4 Å². The van der Waals surface area contributed by atoms with Crippen LogP contribution in [0.3, 0.4) is 0 Å². The lowest BCUT2D eigenvalue weighted by Crippen LogP contribution is -2.29. The molecule has 2 N–H and O–H groups in total. The Morgan fingerprint density at radius 2 is 1.70 bits per heavy atom. The highest BCUT2D eigenvalue weighted by Gasteiger charge is 2.19. The van der Waals surface area contributed by atoms with Gasteiger partial charge in [0.15, 0.2) is 0 Å². The third kappa shape index (κ3) is 4.83. The average molecular weight is 379 g/mol. The third-order valence-corrected chi connectivity index (χ3v) is 5.62. The second-order valence-electron chi connectivity index (χ2n) is 6.33. The normalized spacial score (nSPS) is 11.7. The lowest BCUT2D eigenvalue weighted by molar-refractivity contribution is -0.122. The van der Waals surface area contributed by atoms with E-state index >= 15 is 0 Å². The fourth-order valence-electron chi connectivity index (χ4n) is 2.71. The van der Waals surface area contributed by atoms with Crippen LogP contribution in [-0.4, -0.2) is 23.3 Å². The SMILES string of the molecule is CC(C(=O)NCCc1ccc(O)cc1)c1ccc(C(=O)c2ccccc2)s1. The number of benzene rings is 2. The first-order valence-electron chi connectivity index (χ1n) is 8.79. The van der Waals surface area contributed by atoms with Gasteiger partial charge in [-0.1, -0.05) is 42.5 Å². The number of hydrogen-bond acceptors (Lipinski definition) is 4. The van der Waals surface area contributed by atoms with Gasteiger partial charge in [-0.25, -0.2) is 0 Å². The summed E-state index contributed by atoms with van der Waals surface area (Å²) < 4.78 is 0. The van der Waals surface area contributed by atoms with Crippen LogP contribution in [-0.2, 0) is 11.2 Å². The molecule has 0 aliphatic heterocycles. The Labute approximate surface area is 162 Å². The van der Waals surface area contributed by atoms with Gasteiger partial charge in [0.05, 0.1) is 10.8 Å². The number of ketones is 1. The summed E-state index contributed by atoms with van der Waals surface area (Å²) in [7, 11) is 0. The zero-order chi connectivity index (χ0) is 19.2. The molecule has 0 radical (unpaired) electrons. The number of phenolic OH excluding ortho intramolecular Hbond substituents is 1. The largest absolute Gasteiger partial charge is 0.508 e. The summed E-state index contributed by atoms with van der Waals surface area (Å²) in [5, 5.41) is 12.2. The Morgan fingerprint density at radius 3 is 2.41 bits per heavy atom. The Bertz CT molecular complexity index is 916. The van der Waals surface area contributed by atoms with E-state index in [9.17, 15) is 14.7 Å². The van der Waals surface area contributed by atoms with Crippen LogP contribution in [0.4, 0.5) is 0 Å². The summed E-state index contributed by atoms with van der Waals surface area (Å²) in [5.41, 5.74) is 1.70. The fourth-order valence-corrected chi connectivity index (χ4v) is 3.73. The van der Waals surface area contributed by atoms with Crippen molar-refractivity contribution in [1.29, 1.82) is 0 Å². The third-order valence-electron chi connectivity index (χ3n) is 4.36. The maximum atomic E-state index is 12.5. The molecule has 1 heterocycles. The maximum Gasteiger partial charge on any atom is 0.228 e. The Kier molecular flexibility index (Phi) is 6.04. The molecule has 1 amide bonds. The summed E-state index contributed by atoms with van der Waals surface area (Å²) >= 11 is 1.37. The highest BCUT2D eigenvalue weighted by Crippen LogP contribution is 2.26. The number of carbonyl (C=O) groups excluding carboxylic acids is 2. The van der Waals surface area contributed by atoms with E-state index in [-0.39, 0.29) is 23.4 Å². The van der Waals surface area contributed by atoms with Gasteiger partial charge in [-0.3, -0.25) is 9.59 Å².